The molecular formula is C13H16N4O5S. The van der Waals surface area contributed by atoms with E-state index in [1.807, 2.05) is 6.92 Å². The zero-order chi connectivity index (χ0) is 17.0. The van der Waals surface area contributed by atoms with E-state index < -0.39 is 28.4 Å². The van der Waals surface area contributed by atoms with E-state index in [0.29, 0.717) is 0 Å². The van der Waals surface area contributed by atoms with E-state index in [4.69, 9.17) is 14.8 Å². The van der Waals surface area contributed by atoms with Gasteiger partial charge in [0.15, 0.2) is 0 Å². The van der Waals surface area contributed by atoms with Crippen LogP contribution >= 0.6 is 0 Å². The van der Waals surface area contributed by atoms with Gasteiger partial charge in [0.2, 0.25) is 0 Å². The summed E-state index contributed by atoms with van der Waals surface area (Å²) in [5.74, 6) is 0. The van der Waals surface area contributed by atoms with E-state index in [0.717, 1.165) is 10.5 Å². The van der Waals surface area contributed by atoms with Crippen molar-refractivity contribution >= 4 is 16.2 Å². The van der Waals surface area contributed by atoms with Gasteiger partial charge in [0, 0.05) is 18.0 Å². The molecule has 1 aromatic carbocycles. The second-order valence-corrected chi connectivity index (χ2v) is 6.76. The normalized spacial score (nSPS) is 21.5. The molecule has 1 N–H and O–H groups in total. The molecule has 1 heterocycles. The minimum Gasteiger partial charge on any atom is -0.465 e. The van der Waals surface area contributed by atoms with E-state index in [9.17, 15) is 13.2 Å². The number of hydrogen-bond acceptors (Lipinski definition) is 5. The molecule has 1 aliphatic rings. The first-order chi connectivity index (χ1) is 10.8. The molecule has 1 saturated heterocycles. The number of amides is 1. The molecular weight excluding hydrogens is 324 g/mol. The average Bonchev–Trinajstić information content (AvgIpc) is 2.49. The lowest BCUT2D eigenvalue weighted by atomic mass is 10.0. The lowest BCUT2D eigenvalue weighted by molar-refractivity contribution is 0.0781. The molecule has 9 nitrogen and oxygen atoms in total. The van der Waals surface area contributed by atoms with Gasteiger partial charge in [-0.2, -0.15) is 8.42 Å². The third-order valence-corrected chi connectivity index (χ3v) is 4.90. The summed E-state index contributed by atoms with van der Waals surface area (Å²) in [6, 6.07) is 5.26. The molecule has 2 atom stereocenters. The Bertz CT molecular complexity index is 727. The summed E-state index contributed by atoms with van der Waals surface area (Å²) in [6.07, 6.45) is -1.92. The standard InChI is InChI=1S/C13H16N4O5S/c1-9-2-4-10(5-3-9)23(20,21)22-12-6-7-17(13(18)19)8-11(12)15-16-14/h2-5,11-12H,6-8H2,1H3,(H,18,19). The summed E-state index contributed by atoms with van der Waals surface area (Å²) in [5.41, 5.74) is 9.50. The van der Waals surface area contributed by atoms with Crippen LogP contribution in [-0.2, 0) is 14.3 Å². The number of carboxylic acid groups (broad SMARTS) is 1. The lowest BCUT2D eigenvalue weighted by Crippen LogP contribution is -2.49. The molecule has 1 aliphatic heterocycles. The van der Waals surface area contributed by atoms with Gasteiger partial charge in [-0.05, 0) is 31.0 Å². The molecule has 1 amide bonds. The first-order valence-electron chi connectivity index (χ1n) is 6.85. The number of likely N-dealkylation sites (tertiary alicyclic amines) is 1. The van der Waals surface area contributed by atoms with Gasteiger partial charge >= 0.3 is 6.09 Å². The Morgan fingerprint density at radius 1 is 1.43 bits per heavy atom. The molecule has 10 heteroatoms. The minimum absolute atomic E-state index is 0.00320. The zero-order valence-electron chi connectivity index (χ0n) is 12.4. The molecule has 0 spiro atoms. The van der Waals surface area contributed by atoms with Crippen LogP contribution in [0.4, 0.5) is 4.79 Å². The predicted molar refractivity (Wildman–Crippen MR) is 80.4 cm³/mol. The molecule has 0 bridgehead atoms. The van der Waals surface area contributed by atoms with E-state index in [2.05, 4.69) is 10.0 Å². The van der Waals surface area contributed by atoms with Gasteiger partial charge in [-0.25, -0.2) is 4.79 Å². The van der Waals surface area contributed by atoms with Gasteiger partial charge < -0.3 is 10.0 Å². The zero-order valence-corrected chi connectivity index (χ0v) is 13.2. The van der Waals surface area contributed by atoms with Gasteiger partial charge in [-0.15, -0.1) is 0 Å². The monoisotopic (exact) mass is 340 g/mol. The van der Waals surface area contributed by atoms with Gasteiger partial charge in [0.25, 0.3) is 10.1 Å². The summed E-state index contributed by atoms with van der Waals surface area (Å²) < 4.78 is 29.8. The van der Waals surface area contributed by atoms with Crippen LogP contribution < -0.4 is 0 Å². The number of nitrogens with zero attached hydrogens (tertiary/aromatic N) is 4. The highest BCUT2D eigenvalue weighted by Crippen LogP contribution is 2.23. The summed E-state index contributed by atoms with van der Waals surface area (Å²) in [6.45, 7) is 1.84. The van der Waals surface area contributed by atoms with Crippen LogP contribution in [0.3, 0.4) is 0 Å². The highest BCUT2D eigenvalue weighted by molar-refractivity contribution is 7.86. The molecule has 124 valence electrons. The molecule has 0 radical (unpaired) electrons. The van der Waals surface area contributed by atoms with Crippen LogP contribution in [0.1, 0.15) is 12.0 Å². The quantitative estimate of drug-likeness (QED) is 0.388. The fraction of sp³-hybridized carbons (Fsp3) is 0.462. The molecule has 23 heavy (non-hydrogen) atoms. The van der Waals surface area contributed by atoms with Crippen molar-refractivity contribution in [2.75, 3.05) is 13.1 Å². The molecule has 0 aromatic heterocycles. The number of hydrogen-bond donors (Lipinski definition) is 1. The minimum atomic E-state index is -4.01. The number of carbonyl (C=O) groups is 1. The Morgan fingerprint density at radius 2 is 2.09 bits per heavy atom. The Balaban J connectivity index is 2.18. The lowest BCUT2D eigenvalue weighted by Gasteiger charge is -2.34. The van der Waals surface area contributed by atoms with Crippen LogP contribution in [0.15, 0.2) is 34.3 Å². The topological polar surface area (TPSA) is 133 Å². The highest BCUT2D eigenvalue weighted by Gasteiger charge is 2.35. The third kappa shape index (κ3) is 4.13. The largest absolute Gasteiger partial charge is 0.465 e. The average molecular weight is 340 g/mol. The summed E-state index contributed by atoms with van der Waals surface area (Å²) in [5, 5.41) is 12.5. The SMILES string of the molecule is Cc1ccc(S(=O)(=O)OC2CCN(C(=O)O)CC2N=[N+]=[N-])cc1. The predicted octanol–water partition coefficient (Wildman–Crippen LogP) is 2.13. The Hall–Kier alpha value is -2.29. The smallest absolute Gasteiger partial charge is 0.407 e. The number of rotatable bonds is 4. The van der Waals surface area contributed by atoms with E-state index in [1.54, 1.807) is 12.1 Å². The second-order valence-electron chi connectivity index (χ2n) is 5.19. The van der Waals surface area contributed by atoms with Crippen molar-refractivity contribution in [1.82, 2.24) is 4.90 Å². The van der Waals surface area contributed by atoms with Crippen molar-refractivity contribution < 1.29 is 22.5 Å². The van der Waals surface area contributed by atoms with Crippen LogP contribution in [0.25, 0.3) is 10.4 Å². The van der Waals surface area contributed by atoms with Gasteiger partial charge in [0.05, 0.1) is 17.0 Å². The fourth-order valence-corrected chi connectivity index (χ4v) is 3.43. The number of aryl methyl sites for hydroxylation is 1. The van der Waals surface area contributed by atoms with E-state index >= 15 is 0 Å². The van der Waals surface area contributed by atoms with Crippen molar-refractivity contribution in [3.8, 4) is 0 Å². The highest BCUT2D eigenvalue weighted by atomic mass is 32.2. The van der Waals surface area contributed by atoms with Crippen molar-refractivity contribution in [2.24, 2.45) is 5.11 Å². The Morgan fingerprint density at radius 3 is 2.65 bits per heavy atom. The van der Waals surface area contributed by atoms with Gasteiger partial charge in [-0.3, -0.25) is 4.18 Å². The van der Waals surface area contributed by atoms with Crippen molar-refractivity contribution in [3.05, 3.63) is 40.3 Å². The number of benzene rings is 1. The first kappa shape index (κ1) is 17.1. The number of piperidine rings is 1. The van der Waals surface area contributed by atoms with E-state index in [-0.39, 0.29) is 24.4 Å². The molecule has 0 saturated carbocycles. The van der Waals surface area contributed by atoms with Crippen molar-refractivity contribution in [2.45, 2.75) is 30.4 Å². The molecule has 0 aliphatic carbocycles. The Labute approximate surface area is 133 Å². The molecule has 2 unspecified atom stereocenters. The van der Waals surface area contributed by atoms with Crippen LogP contribution in [0.2, 0.25) is 0 Å². The van der Waals surface area contributed by atoms with Crippen LogP contribution in [-0.4, -0.2) is 49.8 Å². The van der Waals surface area contributed by atoms with Gasteiger partial charge in [0.1, 0.15) is 0 Å². The first-order valence-corrected chi connectivity index (χ1v) is 8.26. The van der Waals surface area contributed by atoms with Crippen LogP contribution in [0.5, 0.6) is 0 Å². The maximum atomic E-state index is 12.3. The van der Waals surface area contributed by atoms with E-state index in [1.165, 1.54) is 12.1 Å². The second kappa shape index (κ2) is 6.86. The summed E-state index contributed by atoms with van der Waals surface area (Å²) in [4.78, 5) is 14.7. The maximum absolute atomic E-state index is 12.3. The fourth-order valence-electron chi connectivity index (χ4n) is 2.30. The third-order valence-electron chi connectivity index (χ3n) is 3.55. The Kier molecular flexibility index (Phi) is 5.09. The molecule has 2 rings (SSSR count). The van der Waals surface area contributed by atoms with Gasteiger partial charge in [-0.1, -0.05) is 22.8 Å². The van der Waals surface area contributed by atoms with Crippen molar-refractivity contribution in [1.29, 1.82) is 0 Å². The number of azide groups is 1. The molecule has 1 aromatic rings. The molecule has 1 fully saturated rings. The maximum Gasteiger partial charge on any atom is 0.407 e. The summed E-state index contributed by atoms with van der Waals surface area (Å²) in [7, 11) is -4.01. The van der Waals surface area contributed by atoms with Crippen LogP contribution in [0, 0.1) is 6.92 Å². The summed E-state index contributed by atoms with van der Waals surface area (Å²) >= 11 is 0. The van der Waals surface area contributed by atoms with Crippen molar-refractivity contribution in [3.63, 3.8) is 0 Å².